The van der Waals surface area contributed by atoms with Crippen molar-refractivity contribution < 1.29 is 43.9 Å². The van der Waals surface area contributed by atoms with Crippen LogP contribution in [0.3, 0.4) is 0 Å². The van der Waals surface area contributed by atoms with Gasteiger partial charge < -0.3 is 39.2 Å². The molecule has 0 aromatic rings. The summed E-state index contributed by atoms with van der Waals surface area (Å²) in [6.45, 7) is 7.42. The summed E-state index contributed by atoms with van der Waals surface area (Å²) < 4.78 is 22.4. The molecular formula is C28H47NO9. The van der Waals surface area contributed by atoms with Crippen molar-refractivity contribution in [2.75, 3.05) is 20.8 Å². The number of rotatable bonds is 9. The maximum absolute atomic E-state index is 13.4. The molecule has 218 valence electrons. The summed E-state index contributed by atoms with van der Waals surface area (Å²) in [5, 5.41) is 32.2. The molecule has 2 saturated heterocycles. The van der Waals surface area contributed by atoms with Gasteiger partial charge in [-0.05, 0) is 77.2 Å². The van der Waals surface area contributed by atoms with Crippen LogP contribution in [0.4, 0.5) is 0 Å². The van der Waals surface area contributed by atoms with Crippen molar-refractivity contribution >= 4 is 11.7 Å². The van der Waals surface area contributed by atoms with Crippen LogP contribution in [0.15, 0.2) is 11.6 Å². The maximum atomic E-state index is 13.4. The Morgan fingerprint density at radius 3 is 2.42 bits per heavy atom. The van der Waals surface area contributed by atoms with E-state index < -0.39 is 54.0 Å². The van der Waals surface area contributed by atoms with Crippen LogP contribution in [-0.4, -0.2) is 101 Å². The van der Waals surface area contributed by atoms with Crippen LogP contribution in [0.1, 0.15) is 72.6 Å². The molecule has 3 N–H and O–H groups in total. The first-order valence-electron chi connectivity index (χ1n) is 13.9. The highest BCUT2D eigenvalue weighted by Crippen LogP contribution is 2.36. The first-order valence-corrected chi connectivity index (χ1v) is 13.9. The third-order valence-corrected chi connectivity index (χ3v) is 8.69. The van der Waals surface area contributed by atoms with E-state index in [1.165, 1.54) is 4.90 Å². The highest BCUT2D eigenvalue weighted by Gasteiger charge is 2.54. The van der Waals surface area contributed by atoms with Crippen molar-refractivity contribution in [1.29, 1.82) is 0 Å². The molecule has 10 atom stereocenters. The van der Waals surface area contributed by atoms with E-state index in [2.05, 4.69) is 6.08 Å². The number of methoxy groups -OCH3 is 2. The number of nitrogens with zero attached hydrogens (tertiary/aromatic N) is 1. The van der Waals surface area contributed by atoms with Gasteiger partial charge in [0.05, 0.1) is 36.6 Å². The molecule has 1 saturated carbocycles. The van der Waals surface area contributed by atoms with Crippen LogP contribution in [0, 0.1) is 11.8 Å². The maximum Gasteiger partial charge on any atom is 0.296 e. The van der Waals surface area contributed by atoms with Crippen molar-refractivity contribution in [2.24, 2.45) is 11.8 Å². The predicted molar refractivity (Wildman–Crippen MR) is 139 cm³/mol. The van der Waals surface area contributed by atoms with Crippen molar-refractivity contribution in [3.63, 3.8) is 0 Å². The van der Waals surface area contributed by atoms with Crippen LogP contribution in [-0.2, 0) is 28.5 Å². The minimum Gasteiger partial charge on any atom is -0.390 e. The van der Waals surface area contributed by atoms with E-state index in [1.54, 1.807) is 28.1 Å². The van der Waals surface area contributed by atoms with Crippen LogP contribution in [0.2, 0.25) is 0 Å². The van der Waals surface area contributed by atoms with Crippen LogP contribution < -0.4 is 0 Å². The van der Waals surface area contributed by atoms with Gasteiger partial charge >= 0.3 is 0 Å². The van der Waals surface area contributed by atoms with Crippen molar-refractivity contribution in [2.45, 2.75) is 121 Å². The minimum atomic E-state index is -2.25. The monoisotopic (exact) mass is 541 g/mol. The number of aliphatic hydroxyl groups excluding tert-OH is 2. The Hall–Kier alpha value is -1.40. The molecule has 10 nitrogen and oxygen atoms in total. The molecule has 2 aliphatic heterocycles. The Balaban J connectivity index is 1.66. The number of carbonyl (C=O) groups is 2. The lowest BCUT2D eigenvalue weighted by molar-refractivity contribution is -0.282. The summed E-state index contributed by atoms with van der Waals surface area (Å²) in [5.74, 6) is -4.56. The third-order valence-electron chi connectivity index (χ3n) is 8.69. The summed E-state index contributed by atoms with van der Waals surface area (Å²) in [5.41, 5.74) is 0.936. The second-order valence-corrected chi connectivity index (χ2v) is 11.3. The summed E-state index contributed by atoms with van der Waals surface area (Å²) in [6, 6.07) is -0.718. The Morgan fingerprint density at radius 2 is 1.76 bits per heavy atom. The van der Waals surface area contributed by atoms with E-state index in [0.717, 1.165) is 18.4 Å². The topological polar surface area (TPSA) is 135 Å². The highest BCUT2D eigenvalue weighted by molar-refractivity contribution is 6.38. The fourth-order valence-electron chi connectivity index (χ4n) is 5.99. The fourth-order valence-corrected chi connectivity index (χ4v) is 5.99. The molecule has 2 heterocycles. The molecule has 38 heavy (non-hydrogen) atoms. The van der Waals surface area contributed by atoms with E-state index in [9.17, 15) is 24.9 Å². The van der Waals surface area contributed by atoms with Gasteiger partial charge in [0.25, 0.3) is 11.7 Å². The number of piperidine rings is 1. The quantitative estimate of drug-likeness (QED) is 0.227. The van der Waals surface area contributed by atoms with Crippen molar-refractivity contribution in [1.82, 2.24) is 4.90 Å². The molecule has 3 rings (SSSR count). The van der Waals surface area contributed by atoms with E-state index in [1.807, 2.05) is 13.8 Å². The van der Waals surface area contributed by atoms with Gasteiger partial charge in [-0.15, -0.1) is 0 Å². The first-order chi connectivity index (χ1) is 17.9. The molecule has 0 bridgehead atoms. The Morgan fingerprint density at radius 1 is 1.08 bits per heavy atom. The molecular weight excluding hydrogens is 494 g/mol. The average molecular weight is 542 g/mol. The molecule has 0 aromatic heterocycles. The predicted octanol–water partition coefficient (Wildman–Crippen LogP) is 1.93. The lowest BCUT2D eigenvalue weighted by Gasteiger charge is -2.44. The molecule has 0 spiro atoms. The second-order valence-electron chi connectivity index (χ2n) is 11.3. The number of hydrogen-bond donors (Lipinski definition) is 3. The molecule has 1 aliphatic carbocycles. The molecule has 3 fully saturated rings. The minimum absolute atomic E-state index is 0.201. The third kappa shape index (κ3) is 6.83. The van der Waals surface area contributed by atoms with E-state index in [0.29, 0.717) is 32.1 Å². The summed E-state index contributed by atoms with van der Waals surface area (Å²) in [4.78, 5) is 28.0. The molecule has 0 aromatic carbocycles. The molecule has 1 amide bonds. The second kappa shape index (κ2) is 13.3. The van der Waals surface area contributed by atoms with Crippen molar-refractivity contribution in [3.8, 4) is 0 Å². The van der Waals surface area contributed by atoms with Gasteiger partial charge in [-0.25, -0.2) is 0 Å². The lowest BCUT2D eigenvalue weighted by atomic mass is 9.84. The summed E-state index contributed by atoms with van der Waals surface area (Å²) in [7, 11) is 3.15. The summed E-state index contributed by atoms with van der Waals surface area (Å²) in [6.07, 6.45) is 3.39. The van der Waals surface area contributed by atoms with Crippen molar-refractivity contribution in [3.05, 3.63) is 11.6 Å². The smallest absolute Gasteiger partial charge is 0.296 e. The van der Waals surface area contributed by atoms with E-state index in [-0.39, 0.29) is 24.7 Å². The van der Waals surface area contributed by atoms with Crippen LogP contribution in [0.5, 0.6) is 0 Å². The number of hydrogen-bond acceptors (Lipinski definition) is 9. The van der Waals surface area contributed by atoms with Gasteiger partial charge in [0.2, 0.25) is 5.79 Å². The van der Waals surface area contributed by atoms with Gasteiger partial charge in [0, 0.05) is 26.7 Å². The Kier molecular flexibility index (Phi) is 10.9. The largest absolute Gasteiger partial charge is 0.390 e. The number of ketones is 1. The number of Topliss-reactive ketones (excluding diaryl/α,β-unsaturated/α-hetero) is 1. The molecule has 10 unspecified atom stereocenters. The van der Waals surface area contributed by atoms with Gasteiger partial charge in [-0.3, -0.25) is 9.59 Å². The Labute approximate surface area is 226 Å². The molecule has 0 radical (unpaired) electrons. The van der Waals surface area contributed by atoms with Gasteiger partial charge in [-0.2, -0.15) is 0 Å². The number of likely N-dealkylation sites (tertiary alicyclic amines) is 1. The zero-order valence-corrected chi connectivity index (χ0v) is 23.7. The van der Waals surface area contributed by atoms with Crippen LogP contribution in [0.25, 0.3) is 0 Å². The van der Waals surface area contributed by atoms with E-state index >= 15 is 0 Å². The summed E-state index contributed by atoms with van der Waals surface area (Å²) >= 11 is 0. The first kappa shape index (κ1) is 31.1. The fraction of sp³-hybridized carbons (Fsp3) is 0.857. The van der Waals surface area contributed by atoms with Gasteiger partial charge in [0.15, 0.2) is 6.29 Å². The van der Waals surface area contributed by atoms with Gasteiger partial charge in [-0.1, -0.05) is 13.0 Å². The van der Waals surface area contributed by atoms with E-state index in [4.69, 9.17) is 18.9 Å². The van der Waals surface area contributed by atoms with Crippen LogP contribution >= 0.6 is 0 Å². The number of allylic oxidation sites excluding steroid dienone is 1. The average Bonchev–Trinajstić information content (AvgIpc) is 2.90. The highest BCUT2D eigenvalue weighted by atomic mass is 16.7. The zero-order chi connectivity index (χ0) is 28.2. The lowest BCUT2D eigenvalue weighted by Crippen LogP contribution is -2.62. The SMILES string of the molecule is COC1CC(/C=C(\C)C(C)OC(O)C2CCCCN2C(=O)C(=O)C2(O)OC(C)C(OC)CC2C)CCC1O. The Bertz CT molecular complexity index is 850. The number of ether oxygens (including phenoxy) is 4. The standard InChI is InChI=1S/C28H47NO9/c1-16(13-20-10-11-22(30)24(15-20)36-6)18(3)37-27(33)21-9-7-8-12-29(21)26(32)25(31)28(34)17(2)14-23(35-5)19(4)38-28/h13,17-24,27,30,33-34H,7-12,14-15H2,1-6H3/b16-13+. The molecule has 10 heteroatoms. The zero-order valence-electron chi connectivity index (χ0n) is 23.7. The number of amides is 1. The normalized spacial score (nSPS) is 38.5. The van der Waals surface area contributed by atoms with Gasteiger partial charge in [0.1, 0.15) is 0 Å². The molecule has 3 aliphatic rings. The number of aliphatic hydroxyl groups is 3. The number of carbonyl (C=O) groups excluding carboxylic acids is 2.